The number of hydrogen-bond donors (Lipinski definition) is 1. The lowest BCUT2D eigenvalue weighted by Gasteiger charge is -2.08. The topological polar surface area (TPSA) is 58.5 Å². The molecule has 6 heteroatoms. The van der Waals surface area contributed by atoms with Crippen molar-refractivity contribution >= 4 is 37.5 Å². The van der Waals surface area contributed by atoms with Crippen LogP contribution in [0, 0.1) is 6.92 Å². The van der Waals surface area contributed by atoms with Gasteiger partial charge in [0.25, 0.3) is 10.0 Å². The van der Waals surface area contributed by atoms with E-state index in [9.17, 15) is 8.42 Å². The molecule has 0 saturated carbocycles. The van der Waals surface area contributed by atoms with Crippen molar-refractivity contribution < 1.29 is 8.42 Å². The Morgan fingerprint density at radius 1 is 1.15 bits per heavy atom. The molecular formula is C14H11BrN2O2S. The number of amidine groups is 1. The molecule has 0 aliphatic carbocycles. The third kappa shape index (κ3) is 2.25. The maximum absolute atomic E-state index is 11.9. The first-order valence-corrected chi connectivity index (χ1v) is 8.18. The SMILES string of the molecule is Cc1cc(NC2=NS(=O)(=O)c3ccccc32)ccc1Br. The van der Waals surface area contributed by atoms with Crippen LogP contribution in [0.3, 0.4) is 0 Å². The Labute approximate surface area is 125 Å². The second-order valence-electron chi connectivity index (χ2n) is 4.50. The van der Waals surface area contributed by atoms with E-state index in [0.29, 0.717) is 11.4 Å². The van der Waals surface area contributed by atoms with E-state index in [1.807, 2.05) is 25.1 Å². The Balaban J connectivity index is 2.02. The summed E-state index contributed by atoms with van der Waals surface area (Å²) in [6, 6.07) is 12.5. The zero-order valence-corrected chi connectivity index (χ0v) is 13.0. The number of sulfonamides is 1. The molecule has 1 aliphatic heterocycles. The molecule has 0 fully saturated rings. The van der Waals surface area contributed by atoms with E-state index in [1.54, 1.807) is 24.3 Å². The highest BCUT2D eigenvalue weighted by atomic mass is 79.9. The Morgan fingerprint density at radius 2 is 1.90 bits per heavy atom. The Kier molecular flexibility index (Phi) is 3.14. The molecule has 0 aromatic heterocycles. The number of nitrogens with zero attached hydrogens (tertiary/aromatic N) is 1. The monoisotopic (exact) mass is 350 g/mol. The van der Waals surface area contributed by atoms with E-state index in [1.165, 1.54) is 0 Å². The summed E-state index contributed by atoms with van der Waals surface area (Å²) in [5.41, 5.74) is 2.47. The molecule has 0 atom stereocenters. The predicted molar refractivity (Wildman–Crippen MR) is 82.7 cm³/mol. The quantitative estimate of drug-likeness (QED) is 0.858. The van der Waals surface area contributed by atoms with Crippen LogP contribution >= 0.6 is 15.9 Å². The molecule has 1 N–H and O–H groups in total. The van der Waals surface area contributed by atoms with Crippen LogP contribution in [0.1, 0.15) is 11.1 Å². The maximum atomic E-state index is 11.9. The summed E-state index contributed by atoms with van der Waals surface area (Å²) in [6.45, 7) is 1.97. The van der Waals surface area contributed by atoms with Gasteiger partial charge in [0.2, 0.25) is 0 Å². The first kappa shape index (κ1) is 13.3. The Hall–Kier alpha value is -1.66. The van der Waals surface area contributed by atoms with E-state index in [2.05, 4.69) is 25.6 Å². The highest BCUT2D eigenvalue weighted by Gasteiger charge is 2.28. The molecule has 20 heavy (non-hydrogen) atoms. The molecule has 0 amide bonds. The number of aryl methyl sites for hydroxylation is 1. The van der Waals surface area contributed by atoms with Crippen molar-refractivity contribution in [3.63, 3.8) is 0 Å². The number of nitrogens with one attached hydrogen (secondary N) is 1. The van der Waals surface area contributed by atoms with Gasteiger partial charge in [-0.2, -0.15) is 8.42 Å². The molecule has 0 unspecified atom stereocenters. The van der Waals surface area contributed by atoms with Gasteiger partial charge in [-0.3, -0.25) is 0 Å². The minimum Gasteiger partial charge on any atom is -0.339 e. The smallest absolute Gasteiger partial charge is 0.285 e. The van der Waals surface area contributed by atoms with E-state index in [0.717, 1.165) is 15.7 Å². The fraction of sp³-hybridized carbons (Fsp3) is 0.0714. The Bertz CT molecular complexity index is 829. The number of rotatable bonds is 1. The fourth-order valence-electron chi connectivity index (χ4n) is 2.06. The molecule has 2 aromatic carbocycles. The van der Waals surface area contributed by atoms with Crippen LogP contribution < -0.4 is 5.32 Å². The first-order chi connectivity index (χ1) is 9.47. The molecule has 0 radical (unpaired) electrons. The number of anilines is 1. The predicted octanol–water partition coefficient (Wildman–Crippen LogP) is 3.32. The summed E-state index contributed by atoms with van der Waals surface area (Å²) in [5, 5.41) is 3.07. The van der Waals surface area contributed by atoms with Crippen molar-refractivity contribution in [1.29, 1.82) is 0 Å². The standard InChI is InChI=1S/C14H11BrN2O2S/c1-9-8-10(6-7-12(9)15)16-14-11-4-2-3-5-13(11)20(18,19)17-14/h2-8H,1H3,(H,16,17). The van der Waals surface area contributed by atoms with E-state index in [4.69, 9.17) is 0 Å². The minimum absolute atomic E-state index is 0.247. The Morgan fingerprint density at radius 3 is 2.65 bits per heavy atom. The summed E-state index contributed by atoms with van der Waals surface area (Å²) >= 11 is 3.43. The van der Waals surface area contributed by atoms with Crippen LogP contribution in [0.25, 0.3) is 0 Å². The lowest BCUT2D eigenvalue weighted by atomic mass is 10.2. The number of fused-ring (bicyclic) bond motifs is 1. The van der Waals surface area contributed by atoms with Gasteiger partial charge in [0, 0.05) is 15.7 Å². The van der Waals surface area contributed by atoms with Crippen molar-refractivity contribution in [3.8, 4) is 0 Å². The molecule has 0 bridgehead atoms. The zero-order chi connectivity index (χ0) is 14.3. The molecule has 1 heterocycles. The minimum atomic E-state index is -3.58. The average molecular weight is 351 g/mol. The van der Waals surface area contributed by atoms with Crippen molar-refractivity contribution in [2.24, 2.45) is 4.40 Å². The second-order valence-corrected chi connectivity index (χ2v) is 6.93. The summed E-state index contributed by atoms with van der Waals surface area (Å²) in [6.07, 6.45) is 0. The molecule has 4 nitrogen and oxygen atoms in total. The molecule has 0 saturated heterocycles. The van der Waals surface area contributed by atoms with Gasteiger partial charge in [-0.15, -0.1) is 4.40 Å². The molecule has 102 valence electrons. The van der Waals surface area contributed by atoms with Gasteiger partial charge in [0.1, 0.15) is 4.90 Å². The van der Waals surface area contributed by atoms with Crippen LogP contribution in [-0.2, 0) is 10.0 Å². The van der Waals surface area contributed by atoms with Gasteiger partial charge in [0.05, 0.1) is 0 Å². The van der Waals surface area contributed by atoms with Crippen LogP contribution in [0.2, 0.25) is 0 Å². The van der Waals surface area contributed by atoms with Crippen molar-refractivity contribution in [2.75, 3.05) is 5.32 Å². The third-order valence-electron chi connectivity index (χ3n) is 3.05. The number of benzene rings is 2. The summed E-state index contributed by atoms with van der Waals surface area (Å²) in [7, 11) is -3.58. The normalized spacial score (nSPS) is 15.6. The lowest BCUT2D eigenvalue weighted by Crippen LogP contribution is -2.11. The van der Waals surface area contributed by atoms with Crippen molar-refractivity contribution in [2.45, 2.75) is 11.8 Å². The van der Waals surface area contributed by atoms with Crippen LogP contribution in [0.4, 0.5) is 5.69 Å². The fourth-order valence-corrected chi connectivity index (χ4v) is 3.48. The van der Waals surface area contributed by atoms with Gasteiger partial charge >= 0.3 is 0 Å². The lowest BCUT2D eigenvalue weighted by molar-refractivity contribution is 0.599. The number of halogens is 1. The second kappa shape index (κ2) is 4.71. The van der Waals surface area contributed by atoms with Crippen molar-refractivity contribution in [1.82, 2.24) is 0 Å². The molecule has 3 rings (SSSR count). The molecular weight excluding hydrogens is 340 g/mol. The molecule has 1 aliphatic rings. The molecule has 0 spiro atoms. The van der Waals surface area contributed by atoms with E-state index < -0.39 is 10.0 Å². The van der Waals surface area contributed by atoms with Crippen molar-refractivity contribution in [3.05, 3.63) is 58.1 Å². The maximum Gasteiger partial charge on any atom is 0.285 e. The average Bonchev–Trinajstić information content (AvgIpc) is 2.66. The van der Waals surface area contributed by atoms with Gasteiger partial charge in [0.15, 0.2) is 5.84 Å². The number of hydrogen-bond acceptors (Lipinski definition) is 3. The van der Waals surface area contributed by atoms with Crippen LogP contribution in [-0.4, -0.2) is 14.3 Å². The van der Waals surface area contributed by atoms with Gasteiger partial charge < -0.3 is 5.32 Å². The van der Waals surface area contributed by atoms with Crippen LogP contribution in [0.5, 0.6) is 0 Å². The first-order valence-electron chi connectivity index (χ1n) is 5.95. The van der Waals surface area contributed by atoms with Gasteiger partial charge in [-0.1, -0.05) is 28.1 Å². The largest absolute Gasteiger partial charge is 0.339 e. The highest BCUT2D eigenvalue weighted by Crippen LogP contribution is 2.27. The summed E-state index contributed by atoms with van der Waals surface area (Å²) in [4.78, 5) is 0.247. The molecule has 2 aromatic rings. The summed E-state index contributed by atoms with van der Waals surface area (Å²) in [5.74, 6) is 0.363. The van der Waals surface area contributed by atoms with Gasteiger partial charge in [-0.05, 0) is 42.8 Å². The zero-order valence-electron chi connectivity index (χ0n) is 10.6. The highest BCUT2D eigenvalue weighted by molar-refractivity contribution is 9.10. The summed E-state index contributed by atoms with van der Waals surface area (Å²) < 4.78 is 28.7. The van der Waals surface area contributed by atoms with Crippen LogP contribution in [0.15, 0.2) is 56.2 Å². The third-order valence-corrected chi connectivity index (χ3v) is 5.28. The van der Waals surface area contributed by atoms with E-state index in [-0.39, 0.29) is 4.90 Å². The van der Waals surface area contributed by atoms with E-state index >= 15 is 0 Å². The van der Waals surface area contributed by atoms with Gasteiger partial charge in [-0.25, -0.2) is 0 Å².